The molecule has 1 heterocycles. The Morgan fingerprint density at radius 2 is 2.26 bits per heavy atom. The lowest BCUT2D eigenvalue weighted by atomic mass is 9.95. The summed E-state index contributed by atoms with van der Waals surface area (Å²) in [5, 5.41) is 22.8. The molecule has 0 atom stereocenters. The maximum atomic E-state index is 10.7. The number of hydrogen-bond donors (Lipinski definition) is 2. The van der Waals surface area contributed by atoms with Crippen molar-refractivity contribution in [3.63, 3.8) is 0 Å². The molecule has 0 unspecified atom stereocenters. The van der Waals surface area contributed by atoms with Crippen molar-refractivity contribution in [3.8, 4) is 0 Å². The Kier molecular flexibility index (Phi) is 3.39. The number of oxazole rings is 1. The third-order valence-corrected chi connectivity index (χ3v) is 2.73. The number of benzene rings is 1. The van der Waals surface area contributed by atoms with Crippen molar-refractivity contribution in [3.05, 3.63) is 28.3 Å². The number of rotatable bonds is 5. The van der Waals surface area contributed by atoms with Crippen molar-refractivity contribution in [2.75, 3.05) is 18.5 Å². The van der Waals surface area contributed by atoms with Crippen molar-refractivity contribution in [1.29, 1.82) is 0 Å². The number of nitro groups is 1. The summed E-state index contributed by atoms with van der Waals surface area (Å²) in [5.74, 6) is 0. The molecular weight excluding hydrogens is 250 g/mol. The van der Waals surface area contributed by atoms with Gasteiger partial charge in [0.25, 0.3) is 11.7 Å². The molecule has 0 amide bonds. The van der Waals surface area contributed by atoms with Crippen molar-refractivity contribution in [2.24, 2.45) is 5.41 Å². The lowest BCUT2D eigenvalue weighted by Gasteiger charge is -2.20. The predicted molar refractivity (Wildman–Crippen MR) is 70.0 cm³/mol. The van der Waals surface area contributed by atoms with Crippen LogP contribution in [0.25, 0.3) is 11.1 Å². The normalized spacial score (nSPS) is 11.7. The third-order valence-electron chi connectivity index (χ3n) is 2.73. The molecule has 19 heavy (non-hydrogen) atoms. The van der Waals surface area contributed by atoms with Gasteiger partial charge < -0.3 is 14.8 Å². The van der Waals surface area contributed by atoms with Gasteiger partial charge in [-0.15, -0.1) is 0 Å². The summed E-state index contributed by atoms with van der Waals surface area (Å²) in [6, 6.07) is 4.54. The van der Waals surface area contributed by atoms with E-state index < -0.39 is 4.92 Å². The molecule has 0 saturated heterocycles. The van der Waals surface area contributed by atoms with Gasteiger partial charge in [-0.05, 0) is 6.07 Å². The summed E-state index contributed by atoms with van der Waals surface area (Å²) in [6.45, 7) is 4.31. The Morgan fingerprint density at radius 1 is 1.53 bits per heavy atom. The Bertz CT molecular complexity index is 606. The Balaban J connectivity index is 2.20. The number of nitro benzene ring substituents is 1. The fourth-order valence-electron chi connectivity index (χ4n) is 1.48. The molecule has 0 saturated carbocycles. The minimum absolute atomic E-state index is 0.0250. The number of aliphatic hydroxyl groups is 1. The number of anilines is 1. The summed E-state index contributed by atoms with van der Waals surface area (Å²) in [5.41, 5.74) is 0.587. The Morgan fingerprint density at radius 3 is 2.89 bits per heavy atom. The second-order valence-electron chi connectivity index (χ2n) is 5.10. The first kappa shape index (κ1) is 13.3. The number of nitrogens with zero attached hydrogens (tertiary/aromatic N) is 2. The molecule has 0 aliphatic heterocycles. The molecule has 0 aliphatic carbocycles. The monoisotopic (exact) mass is 265 g/mol. The standard InChI is InChI=1S/C12H15N3O4/c1-12(2,7-16)6-13-11-14-9-5-8(15(17)18)3-4-10(9)19-11/h3-5,16H,6-7H2,1-2H3,(H,13,14). The van der Waals surface area contributed by atoms with E-state index >= 15 is 0 Å². The number of aliphatic hydroxyl groups excluding tert-OH is 1. The molecule has 0 fully saturated rings. The van der Waals surface area contributed by atoms with Gasteiger partial charge in [-0.3, -0.25) is 10.1 Å². The van der Waals surface area contributed by atoms with Crippen molar-refractivity contribution in [1.82, 2.24) is 4.98 Å². The smallest absolute Gasteiger partial charge is 0.295 e. The number of hydrogen-bond acceptors (Lipinski definition) is 6. The topological polar surface area (TPSA) is 101 Å². The van der Waals surface area contributed by atoms with E-state index in [0.717, 1.165) is 0 Å². The molecule has 1 aromatic heterocycles. The zero-order chi connectivity index (χ0) is 14.0. The van der Waals surface area contributed by atoms with Crippen molar-refractivity contribution < 1.29 is 14.4 Å². The van der Waals surface area contributed by atoms with Crippen LogP contribution in [-0.2, 0) is 0 Å². The molecule has 7 heteroatoms. The fourth-order valence-corrected chi connectivity index (χ4v) is 1.48. The number of non-ortho nitro benzene ring substituents is 1. The average Bonchev–Trinajstić information content (AvgIpc) is 2.78. The molecule has 0 spiro atoms. The molecule has 2 N–H and O–H groups in total. The van der Waals surface area contributed by atoms with E-state index in [1.165, 1.54) is 18.2 Å². The zero-order valence-corrected chi connectivity index (χ0v) is 10.7. The Hall–Kier alpha value is -2.15. The highest BCUT2D eigenvalue weighted by Gasteiger charge is 2.18. The third kappa shape index (κ3) is 3.00. The fraction of sp³-hybridized carbons (Fsp3) is 0.417. The maximum Gasteiger partial charge on any atom is 0.295 e. The van der Waals surface area contributed by atoms with Crippen LogP contribution in [0, 0.1) is 15.5 Å². The Labute approximate surface area is 109 Å². The van der Waals surface area contributed by atoms with Gasteiger partial charge >= 0.3 is 0 Å². The van der Waals surface area contributed by atoms with Gasteiger partial charge in [0.05, 0.1) is 4.92 Å². The molecule has 7 nitrogen and oxygen atoms in total. The van der Waals surface area contributed by atoms with Gasteiger partial charge in [-0.2, -0.15) is 4.98 Å². The quantitative estimate of drug-likeness (QED) is 0.634. The first-order valence-corrected chi connectivity index (χ1v) is 5.81. The van der Waals surface area contributed by atoms with Crippen LogP contribution in [0.2, 0.25) is 0 Å². The molecule has 0 radical (unpaired) electrons. The van der Waals surface area contributed by atoms with Crippen LogP contribution in [0.4, 0.5) is 11.7 Å². The summed E-state index contributed by atoms with van der Waals surface area (Å²) < 4.78 is 5.42. The van der Waals surface area contributed by atoms with Crippen LogP contribution in [0.15, 0.2) is 22.6 Å². The second kappa shape index (κ2) is 4.85. The molecule has 2 rings (SSSR count). The molecule has 0 bridgehead atoms. The predicted octanol–water partition coefficient (Wildman–Crippen LogP) is 2.17. The van der Waals surface area contributed by atoms with E-state index in [0.29, 0.717) is 17.6 Å². The summed E-state index contributed by atoms with van der Waals surface area (Å²) >= 11 is 0. The molecule has 0 aliphatic rings. The number of fused-ring (bicyclic) bond motifs is 1. The van der Waals surface area contributed by atoms with E-state index in [-0.39, 0.29) is 23.7 Å². The lowest BCUT2D eigenvalue weighted by Crippen LogP contribution is -2.26. The maximum absolute atomic E-state index is 10.7. The van der Waals surface area contributed by atoms with Crippen LogP contribution in [0.5, 0.6) is 0 Å². The van der Waals surface area contributed by atoms with Gasteiger partial charge in [0.15, 0.2) is 5.58 Å². The molecule has 102 valence electrons. The van der Waals surface area contributed by atoms with Crippen molar-refractivity contribution in [2.45, 2.75) is 13.8 Å². The van der Waals surface area contributed by atoms with Gasteiger partial charge in [0.1, 0.15) is 5.52 Å². The largest absolute Gasteiger partial charge is 0.424 e. The van der Waals surface area contributed by atoms with Gasteiger partial charge in [-0.1, -0.05) is 13.8 Å². The van der Waals surface area contributed by atoms with Crippen LogP contribution in [0.3, 0.4) is 0 Å². The summed E-state index contributed by atoms with van der Waals surface area (Å²) in [6.07, 6.45) is 0. The van der Waals surface area contributed by atoms with Crippen LogP contribution >= 0.6 is 0 Å². The molecule has 2 aromatic rings. The number of nitrogens with one attached hydrogen (secondary N) is 1. The van der Waals surface area contributed by atoms with E-state index in [2.05, 4.69) is 10.3 Å². The second-order valence-corrected chi connectivity index (χ2v) is 5.10. The van der Waals surface area contributed by atoms with Gasteiger partial charge in [-0.25, -0.2) is 0 Å². The highest BCUT2D eigenvalue weighted by atomic mass is 16.6. The lowest BCUT2D eigenvalue weighted by molar-refractivity contribution is -0.384. The van der Waals surface area contributed by atoms with E-state index in [1.807, 2.05) is 13.8 Å². The summed E-state index contributed by atoms with van der Waals surface area (Å²) in [7, 11) is 0. The van der Waals surface area contributed by atoms with Gasteiger partial charge in [0, 0.05) is 30.7 Å². The summed E-state index contributed by atoms with van der Waals surface area (Å²) in [4.78, 5) is 14.3. The highest BCUT2D eigenvalue weighted by molar-refractivity contribution is 5.77. The van der Waals surface area contributed by atoms with Crippen molar-refractivity contribution >= 4 is 22.8 Å². The van der Waals surface area contributed by atoms with E-state index in [4.69, 9.17) is 9.52 Å². The molecular formula is C12H15N3O4. The molecule has 1 aromatic carbocycles. The highest BCUT2D eigenvalue weighted by Crippen LogP contribution is 2.24. The minimum atomic E-state index is -0.476. The average molecular weight is 265 g/mol. The van der Waals surface area contributed by atoms with Crippen LogP contribution in [0.1, 0.15) is 13.8 Å². The van der Waals surface area contributed by atoms with Gasteiger partial charge in [0.2, 0.25) is 0 Å². The van der Waals surface area contributed by atoms with E-state index in [9.17, 15) is 10.1 Å². The zero-order valence-electron chi connectivity index (χ0n) is 10.7. The SMILES string of the molecule is CC(C)(CO)CNc1nc2cc([N+](=O)[O-])ccc2o1. The van der Waals surface area contributed by atoms with Crippen LogP contribution in [-0.4, -0.2) is 28.2 Å². The van der Waals surface area contributed by atoms with E-state index in [1.54, 1.807) is 0 Å². The minimum Gasteiger partial charge on any atom is -0.424 e. The number of aromatic nitrogens is 1. The van der Waals surface area contributed by atoms with Crippen LogP contribution < -0.4 is 5.32 Å². The first-order chi connectivity index (χ1) is 8.91. The first-order valence-electron chi connectivity index (χ1n) is 5.81.